The molecule has 1 atom stereocenters. The highest BCUT2D eigenvalue weighted by Gasteiger charge is 2.36. The van der Waals surface area contributed by atoms with E-state index in [2.05, 4.69) is 5.16 Å². The van der Waals surface area contributed by atoms with Crippen LogP contribution >= 0.6 is 0 Å². The zero-order valence-corrected chi connectivity index (χ0v) is 11.7. The first kappa shape index (κ1) is 13.5. The number of hydrogen-bond donors (Lipinski definition) is 0. The molecule has 0 N–H and O–H groups in total. The summed E-state index contributed by atoms with van der Waals surface area (Å²) in [6.07, 6.45) is 3.15. The summed E-state index contributed by atoms with van der Waals surface area (Å²) in [6.45, 7) is 4.48. The van der Waals surface area contributed by atoms with Gasteiger partial charge in [0.1, 0.15) is 0 Å². The van der Waals surface area contributed by atoms with Crippen LogP contribution in [0.1, 0.15) is 50.6 Å². The van der Waals surface area contributed by atoms with E-state index >= 15 is 0 Å². The predicted molar refractivity (Wildman–Crippen MR) is 68.6 cm³/mol. The van der Waals surface area contributed by atoms with Gasteiger partial charge >= 0.3 is 0 Å². The minimum absolute atomic E-state index is 0.158. The fourth-order valence-electron chi connectivity index (χ4n) is 2.38. The van der Waals surface area contributed by atoms with Crippen molar-refractivity contribution in [2.24, 2.45) is 0 Å². The lowest BCUT2D eigenvalue weighted by Crippen LogP contribution is -2.32. The minimum atomic E-state index is -3.16. The van der Waals surface area contributed by atoms with Crippen molar-refractivity contribution in [1.82, 2.24) is 9.46 Å². The lowest BCUT2D eigenvalue weighted by Gasteiger charge is -2.21. The third-order valence-corrected chi connectivity index (χ3v) is 5.37. The van der Waals surface area contributed by atoms with E-state index in [1.807, 2.05) is 19.9 Å². The Morgan fingerprint density at radius 3 is 2.89 bits per heavy atom. The highest BCUT2D eigenvalue weighted by atomic mass is 32.2. The van der Waals surface area contributed by atoms with Gasteiger partial charge in [0.2, 0.25) is 10.0 Å². The number of rotatable bonds is 5. The fraction of sp³-hybridized carbons (Fsp3) is 0.750. The van der Waals surface area contributed by atoms with Gasteiger partial charge in [0.05, 0.1) is 17.5 Å². The normalized spacial score (nSPS) is 21.6. The quantitative estimate of drug-likeness (QED) is 0.823. The van der Waals surface area contributed by atoms with Gasteiger partial charge in [-0.25, -0.2) is 8.42 Å². The van der Waals surface area contributed by atoms with E-state index in [4.69, 9.17) is 4.52 Å². The van der Waals surface area contributed by atoms with Gasteiger partial charge in [-0.15, -0.1) is 0 Å². The Morgan fingerprint density at radius 1 is 1.50 bits per heavy atom. The maximum atomic E-state index is 12.2. The molecule has 1 aromatic rings. The molecule has 1 aromatic heterocycles. The van der Waals surface area contributed by atoms with Gasteiger partial charge < -0.3 is 4.52 Å². The van der Waals surface area contributed by atoms with Gasteiger partial charge in [-0.2, -0.15) is 4.31 Å². The lowest BCUT2D eigenvalue weighted by molar-refractivity contribution is 0.296. The van der Waals surface area contributed by atoms with Crippen molar-refractivity contribution in [2.45, 2.75) is 45.6 Å². The first-order valence-corrected chi connectivity index (χ1v) is 8.14. The van der Waals surface area contributed by atoms with Crippen molar-refractivity contribution >= 4 is 10.0 Å². The van der Waals surface area contributed by atoms with Crippen molar-refractivity contribution < 1.29 is 12.9 Å². The predicted octanol–water partition coefficient (Wildman–Crippen LogP) is 2.11. The molecule has 5 nitrogen and oxygen atoms in total. The standard InChI is InChI=1S/C12H20N2O3S/c1-3-8-18(15,16)14-7-5-6-11(14)12-9-10(4-2)13-17-12/h9,11H,3-8H2,1-2H3. The summed E-state index contributed by atoms with van der Waals surface area (Å²) in [5.41, 5.74) is 0.879. The van der Waals surface area contributed by atoms with E-state index in [0.29, 0.717) is 18.7 Å². The maximum absolute atomic E-state index is 12.2. The second kappa shape index (κ2) is 5.40. The Morgan fingerprint density at radius 2 is 2.28 bits per heavy atom. The average Bonchev–Trinajstić information content (AvgIpc) is 2.97. The lowest BCUT2D eigenvalue weighted by atomic mass is 10.1. The van der Waals surface area contributed by atoms with Crippen LogP contribution in [0.25, 0.3) is 0 Å². The van der Waals surface area contributed by atoms with Crippen LogP contribution in [0.15, 0.2) is 10.6 Å². The van der Waals surface area contributed by atoms with Gasteiger partial charge in [0, 0.05) is 12.6 Å². The zero-order valence-electron chi connectivity index (χ0n) is 10.9. The maximum Gasteiger partial charge on any atom is 0.214 e. The Hall–Kier alpha value is -0.880. The van der Waals surface area contributed by atoms with E-state index in [9.17, 15) is 8.42 Å². The topological polar surface area (TPSA) is 63.4 Å². The highest BCUT2D eigenvalue weighted by molar-refractivity contribution is 7.89. The Bertz CT molecular complexity index is 495. The summed E-state index contributed by atoms with van der Waals surface area (Å²) in [6, 6.07) is 1.72. The smallest absolute Gasteiger partial charge is 0.214 e. The summed E-state index contributed by atoms with van der Waals surface area (Å²) >= 11 is 0. The van der Waals surface area contributed by atoms with E-state index in [0.717, 1.165) is 25.0 Å². The van der Waals surface area contributed by atoms with E-state index in [-0.39, 0.29) is 11.8 Å². The van der Waals surface area contributed by atoms with Gasteiger partial charge in [0.25, 0.3) is 0 Å². The van der Waals surface area contributed by atoms with E-state index in [1.54, 1.807) is 4.31 Å². The van der Waals surface area contributed by atoms with E-state index < -0.39 is 10.0 Å². The second-order valence-corrected chi connectivity index (χ2v) is 6.70. The van der Waals surface area contributed by atoms with Gasteiger partial charge in [-0.1, -0.05) is 19.0 Å². The molecule has 1 aliphatic heterocycles. The molecule has 1 aliphatic rings. The molecular weight excluding hydrogens is 252 g/mol. The summed E-state index contributed by atoms with van der Waals surface area (Å²) in [5, 5.41) is 3.95. The Kier molecular flexibility index (Phi) is 4.07. The molecule has 0 bridgehead atoms. The molecule has 0 saturated carbocycles. The first-order valence-electron chi connectivity index (χ1n) is 6.53. The van der Waals surface area contributed by atoms with Gasteiger partial charge in [-0.05, 0) is 25.7 Å². The molecule has 2 heterocycles. The number of aryl methyl sites for hydroxylation is 1. The molecule has 6 heteroatoms. The Balaban J connectivity index is 2.22. The Labute approximate surface area is 108 Å². The minimum Gasteiger partial charge on any atom is -0.359 e. The monoisotopic (exact) mass is 272 g/mol. The van der Waals surface area contributed by atoms with Crippen molar-refractivity contribution in [3.05, 3.63) is 17.5 Å². The van der Waals surface area contributed by atoms with Crippen LogP contribution in [-0.4, -0.2) is 30.2 Å². The third kappa shape index (κ3) is 2.59. The first-order chi connectivity index (χ1) is 8.58. The molecule has 0 aliphatic carbocycles. The van der Waals surface area contributed by atoms with Crippen LogP contribution in [0.5, 0.6) is 0 Å². The molecule has 0 radical (unpaired) electrons. The van der Waals surface area contributed by atoms with Crippen molar-refractivity contribution in [2.75, 3.05) is 12.3 Å². The number of aromatic nitrogens is 1. The molecule has 2 rings (SSSR count). The number of sulfonamides is 1. The van der Waals surface area contributed by atoms with Crippen LogP contribution in [0, 0.1) is 0 Å². The molecule has 0 aromatic carbocycles. The van der Waals surface area contributed by atoms with E-state index in [1.165, 1.54) is 0 Å². The second-order valence-electron chi connectivity index (χ2n) is 4.66. The van der Waals surface area contributed by atoms with Crippen molar-refractivity contribution in [3.8, 4) is 0 Å². The molecule has 0 amide bonds. The van der Waals surface area contributed by atoms with Gasteiger partial charge in [0.15, 0.2) is 5.76 Å². The summed E-state index contributed by atoms with van der Waals surface area (Å²) < 4.78 is 31.2. The van der Waals surface area contributed by atoms with Crippen molar-refractivity contribution in [3.63, 3.8) is 0 Å². The van der Waals surface area contributed by atoms with Crippen LogP contribution in [0.3, 0.4) is 0 Å². The summed E-state index contributed by atoms with van der Waals surface area (Å²) in [4.78, 5) is 0. The van der Waals surface area contributed by atoms with Crippen LogP contribution in [-0.2, 0) is 16.4 Å². The molecular formula is C12H20N2O3S. The fourth-order valence-corrected chi connectivity index (χ4v) is 4.14. The third-order valence-electron chi connectivity index (χ3n) is 3.29. The molecule has 0 spiro atoms. The molecule has 1 unspecified atom stereocenters. The zero-order chi connectivity index (χ0) is 13.2. The SMILES string of the molecule is CCCS(=O)(=O)N1CCCC1c1cc(CC)no1. The largest absolute Gasteiger partial charge is 0.359 e. The molecule has 18 heavy (non-hydrogen) atoms. The molecule has 1 fully saturated rings. The van der Waals surface area contributed by atoms with Crippen molar-refractivity contribution in [1.29, 1.82) is 0 Å². The average molecular weight is 272 g/mol. The number of nitrogens with zero attached hydrogens (tertiary/aromatic N) is 2. The summed E-state index contributed by atoms with van der Waals surface area (Å²) in [7, 11) is -3.16. The van der Waals surface area contributed by atoms with Gasteiger partial charge in [-0.3, -0.25) is 0 Å². The number of hydrogen-bond acceptors (Lipinski definition) is 4. The molecule has 102 valence electrons. The van der Waals surface area contributed by atoms with Crippen LogP contribution in [0.2, 0.25) is 0 Å². The van der Waals surface area contributed by atoms with Crippen LogP contribution in [0.4, 0.5) is 0 Å². The molecule has 1 saturated heterocycles. The summed E-state index contributed by atoms with van der Waals surface area (Å²) in [5.74, 6) is 0.891. The highest BCUT2D eigenvalue weighted by Crippen LogP contribution is 2.34. The van der Waals surface area contributed by atoms with Crippen LogP contribution < -0.4 is 0 Å².